The molecule has 0 spiro atoms. The predicted octanol–water partition coefficient (Wildman–Crippen LogP) is 4.40. The van der Waals surface area contributed by atoms with Crippen LogP contribution in [0.25, 0.3) is 22.3 Å². The lowest BCUT2D eigenvalue weighted by atomic mass is 9.97. The van der Waals surface area contributed by atoms with Gasteiger partial charge in [-0.25, -0.2) is 15.0 Å². The largest absolute Gasteiger partial charge is 0.397 e. The third kappa shape index (κ3) is 5.23. The van der Waals surface area contributed by atoms with Crippen molar-refractivity contribution in [2.45, 2.75) is 40.7 Å². The minimum atomic E-state index is 0.104. The molecule has 4 aromatic rings. The van der Waals surface area contributed by atoms with E-state index in [9.17, 15) is 0 Å². The maximum atomic E-state index is 6.35. The number of aryl methyl sites for hydroxylation is 2. The molecule has 0 aliphatic rings. The van der Waals surface area contributed by atoms with E-state index < -0.39 is 0 Å². The molecule has 34 heavy (non-hydrogen) atoms. The zero-order valence-corrected chi connectivity index (χ0v) is 19.9. The molecule has 4 rings (SSSR count). The molecule has 0 atom stereocenters. The van der Waals surface area contributed by atoms with Gasteiger partial charge in [-0.05, 0) is 36.6 Å². The van der Waals surface area contributed by atoms with E-state index in [1.165, 1.54) is 0 Å². The van der Waals surface area contributed by atoms with Crippen molar-refractivity contribution in [2.24, 2.45) is 5.41 Å². The smallest absolute Gasteiger partial charge is 0.227 e. The Bertz CT molecular complexity index is 1360. The summed E-state index contributed by atoms with van der Waals surface area (Å²) in [5.41, 5.74) is 10.2. The zero-order valence-electron chi connectivity index (χ0n) is 19.9. The van der Waals surface area contributed by atoms with Crippen LogP contribution in [-0.2, 0) is 6.54 Å². The molecule has 1 aromatic carbocycles. The molecule has 3 heterocycles. The van der Waals surface area contributed by atoms with Gasteiger partial charge in [0.1, 0.15) is 11.8 Å². The Morgan fingerprint density at radius 2 is 2.00 bits per heavy atom. The van der Waals surface area contributed by atoms with Gasteiger partial charge in [0.2, 0.25) is 5.95 Å². The van der Waals surface area contributed by atoms with E-state index in [-0.39, 0.29) is 5.41 Å². The Balaban J connectivity index is 1.61. The van der Waals surface area contributed by atoms with Gasteiger partial charge in [0.25, 0.3) is 0 Å². The van der Waals surface area contributed by atoms with Crippen LogP contribution in [0.1, 0.15) is 32.9 Å². The summed E-state index contributed by atoms with van der Waals surface area (Å²) in [6, 6.07) is 7.63. The van der Waals surface area contributed by atoms with E-state index in [4.69, 9.17) is 17.1 Å². The van der Waals surface area contributed by atoms with Gasteiger partial charge in [0.05, 0.1) is 11.4 Å². The average molecular weight is 456 g/mol. The van der Waals surface area contributed by atoms with Gasteiger partial charge in [-0.1, -0.05) is 20.8 Å². The number of rotatable bonds is 7. The number of nitrogens with two attached hydrogens (primary N) is 1. The lowest BCUT2D eigenvalue weighted by Crippen LogP contribution is -2.20. The summed E-state index contributed by atoms with van der Waals surface area (Å²) in [5.74, 6) is 4.53. The summed E-state index contributed by atoms with van der Waals surface area (Å²) < 4.78 is 1.91. The highest BCUT2D eigenvalue weighted by atomic mass is 15.3. The second-order valence-corrected chi connectivity index (χ2v) is 9.39. The van der Waals surface area contributed by atoms with Gasteiger partial charge >= 0.3 is 0 Å². The molecule has 9 nitrogen and oxygen atoms in total. The standard InChI is InChI=1S/C25H29N9/c1-6-7-10-34-15-29-33-23(34)17-8-9-20(19(26)12-17)31-24-27-13-18-11-16(2)30-22(21(18)32-24)28-14-25(3,4)5/h1,8-9,11-13,15H,7,10,14,26H2,2-5H3,(H,28,30)(H,27,31,32). The number of hydrogen-bond acceptors (Lipinski definition) is 8. The first kappa shape index (κ1) is 23.0. The van der Waals surface area contributed by atoms with Crippen LogP contribution in [0.4, 0.5) is 23.1 Å². The van der Waals surface area contributed by atoms with Gasteiger partial charge in [-0.3, -0.25) is 0 Å². The van der Waals surface area contributed by atoms with E-state index in [1.54, 1.807) is 12.5 Å². The van der Waals surface area contributed by atoms with E-state index in [0.717, 1.165) is 34.5 Å². The fraction of sp³-hybridized carbons (Fsp3) is 0.320. The molecule has 0 aliphatic heterocycles. The minimum Gasteiger partial charge on any atom is -0.397 e. The minimum absolute atomic E-state index is 0.104. The molecular weight excluding hydrogens is 426 g/mol. The summed E-state index contributed by atoms with van der Waals surface area (Å²) in [5, 5.41) is 15.8. The quantitative estimate of drug-likeness (QED) is 0.277. The van der Waals surface area contributed by atoms with Crippen LogP contribution in [0.5, 0.6) is 0 Å². The predicted molar refractivity (Wildman–Crippen MR) is 137 cm³/mol. The lowest BCUT2D eigenvalue weighted by molar-refractivity contribution is 0.442. The Morgan fingerprint density at radius 3 is 2.74 bits per heavy atom. The van der Waals surface area contributed by atoms with Crippen molar-refractivity contribution in [1.29, 1.82) is 0 Å². The van der Waals surface area contributed by atoms with Gasteiger partial charge in [-0.15, -0.1) is 22.5 Å². The lowest BCUT2D eigenvalue weighted by Gasteiger charge is -2.20. The van der Waals surface area contributed by atoms with Crippen LogP contribution in [-0.4, -0.2) is 36.3 Å². The number of aromatic nitrogens is 6. The highest BCUT2D eigenvalue weighted by Crippen LogP contribution is 2.29. The number of hydrogen-bond donors (Lipinski definition) is 3. The number of terminal acetylenes is 1. The fourth-order valence-electron chi connectivity index (χ4n) is 3.47. The topological polar surface area (TPSA) is 119 Å². The van der Waals surface area contributed by atoms with Crippen molar-refractivity contribution in [3.05, 3.63) is 42.5 Å². The molecule has 3 aromatic heterocycles. The number of nitrogen functional groups attached to an aromatic ring is 1. The monoisotopic (exact) mass is 455 g/mol. The third-order valence-corrected chi connectivity index (χ3v) is 5.15. The van der Waals surface area contributed by atoms with Gasteiger partial charge in [0.15, 0.2) is 11.6 Å². The summed E-state index contributed by atoms with van der Waals surface area (Å²) >= 11 is 0. The highest BCUT2D eigenvalue weighted by Gasteiger charge is 2.14. The molecule has 4 N–H and O–H groups in total. The van der Waals surface area contributed by atoms with Crippen LogP contribution in [0.3, 0.4) is 0 Å². The van der Waals surface area contributed by atoms with Gasteiger partial charge in [0, 0.05) is 42.4 Å². The van der Waals surface area contributed by atoms with Crippen molar-refractivity contribution in [3.8, 4) is 23.7 Å². The van der Waals surface area contributed by atoms with Crippen molar-refractivity contribution >= 4 is 34.0 Å². The van der Waals surface area contributed by atoms with Gasteiger partial charge < -0.3 is 20.9 Å². The van der Waals surface area contributed by atoms with Crippen molar-refractivity contribution in [1.82, 2.24) is 29.7 Å². The molecule has 0 unspecified atom stereocenters. The van der Waals surface area contributed by atoms with E-state index in [0.29, 0.717) is 36.1 Å². The fourth-order valence-corrected chi connectivity index (χ4v) is 3.47. The number of benzene rings is 1. The second-order valence-electron chi connectivity index (χ2n) is 9.39. The summed E-state index contributed by atoms with van der Waals surface area (Å²) in [6.07, 6.45) is 9.44. The van der Waals surface area contributed by atoms with Crippen LogP contribution in [0.2, 0.25) is 0 Å². The molecule has 0 saturated carbocycles. The first-order chi connectivity index (χ1) is 16.2. The van der Waals surface area contributed by atoms with Crippen molar-refractivity contribution in [3.63, 3.8) is 0 Å². The second kappa shape index (κ2) is 9.35. The molecule has 0 amide bonds. The molecule has 0 radical (unpaired) electrons. The Kier molecular flexibility index (Phi) is 6.32. The first-order valence-electron chi connectivity index (χ1n) is 11.1. The Labute approximate surface area is 199 Å². The molecule has 0 saturated heterocycles. The summed E-state index contributed by atoms with van der Waals surface area (Å²) in [7, 11) is 0. The maximum Gasteiger partial charge on any atom is 0.227 e. The number of nitrogens with one attached hydrogen (secondary N) is 2. The zero-order chi connectivity index (χ0) is 24.3. The van der Waals surface area contributed by atoms with Crippen LogP contribution in [0, 0.1) is 24.7 Å². The van der Waals surface area contributed by atoms with E-state index in [1.807, 2.05) is 35.8 Å². The molecular formula is C25H29N9. The molecule has 0 fully saturated rings. The molecule has 174 valence electrons. The van der Waals surface area contributed by atoms with Crippen LogP contribution < -0.4 is 16.4 Å². The van der Waals surface area contributed by atoms with Crippen LogP contribution >= 0.6 is 0 Å². The Hall–Kier alpha value is -4.19. The van der Waals surface area contributed by atoms with Crippen molar-refractivity contribution < 1.29 is 0 Å². The molecule has 0 bridgehead atoms. The number of anilines is 4. The van der Waals surface area contributed by atoms with E-state index >= 15 is 0 Å². The van der Waals surface area contributed by atoms with E-state index in [2.05, 4.69) is 57.5 Å². The average Bonchev–Trinajstić information content (AvgIpc) is 3.25. The molecule has 9 heteroatoms. The number of pyridine rings is 1. The molecule has 0 aliphatic carbocycles. The Morgan fingerprint density at radius 1 is 1.18 bits per heavy atom. The highest BCUT2D eigenvalue weighted by molar-refractivity contribution is 5.89. The normalized spacial score (nSPS) is 11.4. The van der Waals surface area contributed by atoms with Crippen LogP contribution in [0.15, 0.2) is 36.8 Å². The third-order valence-electron chi connectivity index (χ3n) is 5.15. The maximum absolute atomic E-state index is 6.35. The first-order valence-corrected chi connectivity index (χ1v) is 11.1. The van der Waals surface area contributed by atoms with Crippen molar-refractivity contribution in [2.75, 3.05) is 22.9 Å². The SMILES string of the molecule is C#CCCn1cnnc1-c1ccc(Nc2ncc3cc(C)nc(NCC(C)(C)C)c3n2)c(N)c1. The summed E-state index contributed by atoms with van der Waals surface area (Å²) in [4.78, 5) is 13.9. The number of fused-ring (bicyclic) bond motifs is 1. The number of nitrogens with zero attached hydrogens (tertiary/aromatic N) is 6. The summed E-state index contributed by atoms with van der Waals surface area (Å²) in [6.45, 7) is 9.88. The van der Waals surface area contributed by atoms with Gasteiger partial charge in [-0.2, -0.15) is 0 Å².